The lowest BCUT2D eigenvalue weighted by molar-refractivity contribution is -0.0716. The van der Waals surface area contributed by atoms with E-state index >= 15 is 0 Å². The molecule has 1 amide bonds. The molecule has 2 aromatic rings. The molecule has 1 N–H and O–H groups in total. The van der Waals surface area contributed by atoms with Crippen molar-refractivity contribution in [2.75, 3.05) is 31.6 Å². The highest BCUT2D eigenvalue weighted by Crippen LogP contribution is 2.47. The Balaban J connectivity index is 1.35. The van der Waals surface area contributed by atoms with Crippen LogP contribution >= 0.6 is 0 Å². The number of anilines is 1. The van der Waals surface area contributed by atoms with Crippen molar-refractivity contribution in [3.63, 3.8) is 0 Å². The molecule has 1 spiro atoms. The molecule has 9 heteroatoms. The third-order valence-electron chi connectivity index (χ3n) is 6.20. The van der Waals surface area contributed by atoms with Crippen LogP contribution in [0.1, 0.15) is 41.6 Å². The number of hydrogen-bond acceptors (Lipinski definition) is 6. The van der Waals surface area contributed by atoms with Gasteiger partial charge in [0.1, 0.15) is 0 Å². The summed E-state index contributed by atoms with van der Waals surface area (Å²) in [4.78, 5) is 13.1. The van der Waals surface area contributed by atoms with Gasteiger partial charge in [-0.05, 0) is 49.6 Å². The van der Waals surface area contributed by atoms with Gasteiger partial charge >= 0.3 is 0 Å². The van der Waals surface area contributed by atoms with Crippen LogP contribution in [-0.2, 0) is 14.8 Å². The molecule has 0 unspecified atom stereocenters. The Hall–Kier alpha value is -2.62. The summed E-state index contributed by atoms with van der Waals surface area (Å²) < 4.78 is 44.9. The second-order valence-corrected chi connectivity index (χ2v) is 10.3. The maximum atomic E-state index is 13.1. The fourth-order valence-electron chi connectivity index (χ4n) is 4.44. The SMILES string of the molecule is Cc1ccc(C(=O)Nc2ccc3c(c2)OC2(CCCC2)O3)cc1S(=O)(=O)N1CCOCC1. The van der Waals surface area contributed by atoms with E-state index in [0.29, 0.717) is 49.1 Å². The molecule has 2 fully saturated rings. The first-order chi connectivity index (χ1) is 15.4. The Morgan fingerprint density at radius 1 is 1.00 bits per heavy atom. The lowest BCUT2D eigenvalue weighted by atomic mass is 10.1. The minimum absolute atomic E-state index is 0.140. The second kappa shape index (κ2) is 8.06. The maximum Gasteiger partial charge on any atom is 0.255 e. The van der Waals surface area contributed by atoms with Crippen LogP contribution in [0.2, 0.25) is 0 Å². The molecule has 2 heterocycles. The molecule has 0 aromatic heterocycles. The van der Waals surface area contributed by atoms with E-state index in [-0.39, 0.29) is 10.5 Å². The van der Waals surface area contributed by atoms with Crippen molar-refractivity contribution in [2.24, 2.45) is 0 Å². The standard InChI is InChI=1S/C23H26N2O6S/c1-16-4-5-17(14-21(16)32(27,28)25-10-12-29-13-11-25)22(26)24-18-6-7-19-20(15-18)31-23(30-19)8-2-3-9-23/h4-7,14-15H,2-3,8-13H2,1H3,(H,24,26). The van der Waals surface area contributed by atoms with E-state index in [1.54, 1.807) is 37.3 Å². The summed E-state index contributed by atoms with van der Waals surface area (Å²) in [6.45, 7) is 3.06. The first-order valence-electron chi connectivity index (χ1n) is 10.9. The van der Waals surface area contributed by atoms with E-state index in [1.807, 2.05) is 0 Å². The van der Waals surface area contributed by atoms with E-state index < -0.39 is 21.7 Å². The van der Waals surface area contributed by atoms with Gasteiger partial charge < -0.3 is 19.5 Å². The van der Waals surface area contributed by atoms with E-state index in [9.17, 15) is 13.2 Å². The molecule has 1 saturated carbocycles. The van der Waals surface area contributed by atoms with Crippen molar-refractivity contribution < 1.29 is 27.4 Å². The van der Waals surface area contributed by atoms with Gasteiger partial charge in [0.25, 0.3) is 11.7 Å². The molecule has 8 nitrogen and oxygen atoms in total. The number of rotatable bonds is 4. The van der Waals surface area contributed by atoms with E-state index in [2.05, 4.69) is 5.32 Å². The summed E-state index contributed by atoms with van der Waals surface area (Å²) in [6.07, 6.45) is 3.85. The Kier molecular flexibility index (Phi) is 5.35. The van der Waals surface area contributed by atoms with Gasteiger partial charge in [-0.25, -0.2) is 8.42 Å². The highest BCUT2D eigenvalue weighted by atomic mass is 32.2. The van der Waals surface area contributed by atoms with Crippen molar-refractivity contribution >= 4 is 21.6 Å². The zero-order valence-electron chi connectivity index (χ0n) is 17.9. The second-order valence-electron chi connectivity index (χ2n) is 8.43. The first-order valence-corrected chi connectivity index (χ1v) is 12.3. The average Bonchev–Trinajstić information content (AvgIpc) is 3.39. The van der Waals surface area contributed by atoms with Crippen LogP contribution in [0.3, 0.4) is 0 Å². The first kappa shape index (κ1) is 21.2. The number of sulfonamides is 1. The fraction of sp³-hybridized carbons (Fsp3) is 0.435. The molecule has 0 atom stereocenters. The normalized spacial score (nSPS) is 19.9. The Bertz CT molecular complexity index is 1150. The number of fused-ring (bicyclic) bond motifs is 1. The lowest BCUT2D eigenvalue weighted by Crippen LogP contribution is -2.40. The third kappa shape index (κ3) is 3.85. The smallest absolute Gasteiger partial charge is 0.255 e. The monoisotopic (exact) mass is 458 g/mol. The number of aryl methyl sites for hydroxylation is 1. The molecular weight excluding hydrogens is 432 g/mol. The minimum Gasteiger partial charge on any atom is -0.448 e. The van der Waals surface area contributed by atoms with Crippen LogP contribution < -0.4 is 14.8 Å². The molecule has 3 aliphatic rings. The zero-order chi connectivity index (χ0) is 22.3. The van der Waals surface area contributed by atoms with Gasteiger partial charge in [0, 0.05) is 43.2 Å². The van der Waals surface area contributed by atoms with Gasteiger partial charge in [-0.2, -0.15) is 4.31 Å². The van der Waals surface area contributed by atoms with Gasteiger partial charge in [-0.15, -0.1) is 0 Å². The summed E-state index contributed by atoms with van der Waals surface area (Å²) in [5, 5.41) is 2.84. The predicted octanol–water partition coefficient (Wildman–Crippen LogP) is 3.31. The third-order valence-corrected chi connectivity index (χ3v) is 8.24. The van der Waals surface area contributed by atoms with Crippen LogP contribution in [-0.4, -0.2) is 50.7 Å². The largest absolute Gasteiger partial charge is 0.448 e. The molecule has 2 aliphatic heterocycles. The quantitative estimate of drug-likeness (QED) is 0.756. The van der Waals surface area contributed by atoms with Gasteiger partial charge in [-0.3, -0.25) is 4.79 Å². The topological polar surface area (TPSA) is 94.2 Å². The molecule has 1 aliphatic carbocycles. The van der Waals surface area contributed by atoms with Gasteiger partial charge in [-0.1, -0.05) is 6.07 Å². The van der Waals surface area contributed by atoms with Crippen molar-refractivity contribution in [3.05, 3.63) is 47.5 Å². The van der Waals surface area contributed by atoms with Crippen LogP contribution in [0.25, 0.3) is 0 Å². The Morgan fingerprint density at radius 3 is 2.47 bits per heavy atom. The Morgan fingerprint density at radius 2 is 1.72 bits per heavy atom. The molecule has 0 radical (unpaired) electrons. The van der Waals surface area contributed by atoms with Gasteiger partial charge in [0.2, 0.25) is 10.0 Å². The number of hydrogen-bond donors (Lipinski definition) is 1. The molecule has 32 heavy (non-hydrogen) atoms. The molecule has 0 bridgehead atoms. The molecule has 1 saturated heterocycles. The number of ether oxygens (including phenoxy) is 3. The Labute approximate surface area is 187 Å². The zero-order valence-corrected chi connectivity index (χ0v) is 18.7. The number of morpholine rings is 1. The molecule has 170 valence electrons. The molecule has 5 rings (SSSR count). The summed E-state index contributed by atoms with van der Waals surface area (Å²) in [5.74, 6) is 0.339. The van der Waals surface area contributed by atoms with Gasteiger partial charge in [0.05, 0.1) is 18.1 Å². The van der Waals surface area contributed by atoms with Crippen molar-refractivity contribution in [3.8, 4) is 11.5 Å². The van der Waals surface area contributed by atoms with E-state index in [4.69, 9.17) is 14.2 Å². The fourth-order valence-corrected chi connectivity index (χ4v) is 6.10. The highest BCUT2D eigenvalue weighted by Gasteiger charge is 2.44. The summed E-state index contributed by atoms with van der Waals surface area (Å²) >= 11 is 0. The van der Waals surface area contributed by atoms with Crippen molar-refractivity contribution in [2.45, 2.75) is 43.3 Å². The molecular formula is C23H26N2O6S. The summed E-state index contributed by atoms with van der Waals surface area (Å²) in [5.41, 5.74) is 1.43. The van der Waals surface area contributed by atoms with Crippen LogP contribution in [0.4, 0.5) is 5.69 Å². The van der Waals surface area contributed by atoms with E-state index in [0.717, 1.165) is 25.7 Å². The minimum atomic E-state index is -3.71. The van der Waals surface area contributed by atoms with Crippen LogP contribution in [0, 0.1) is 6.92 Å². The molecule has 2 aromatic carbocycles. The number of carbonyl (C=O) groups is 1. The number of benzene rings is 2. The lowest BCUT2D eigenvalue weighted by Gasteiger charge is -2.26. The van der Waals surface area contributed by atoms with E-state index in [1.165, 1.54) is 10.4 Å². The summed E-state index contributed by atoms with van der Waals surface area (Å²) in [6, 6.07) is 10.0. The number of carbonyl (C=O) groups excluding carboxylic acids is 1. The number of nitrogens with one attached hydrogen (secondary N) is 1. The van der Waals surface area contributed by atoms with Crippen molar-refractivity contribution in [1.82, 2.24) is 4.31 Å². The number of amides is 1. The van der Waals surface area contributed by atoms with Gasteiger partial charge in [0.15, 0.2) is 11.5 Å². The maximum absolute atomic E-state index is 13.1. The van der Waals surface area contributed by atoms with Crippen LogP contribution in [0.15, 0.2) is 41.3 Å². The average molecular weight is 459 g/mol. The van der Waals surface area contributed by atoms with Crippen molar-refractivity contribution in [1.29, 1.82) is 0 Å². The predicted molar refractivity (Wildman–Crippen MR) is 118 cm³/mol. The summed E-state index contributed by atoms with van der Waals surface area (Å²) in [7, 11) is -3.71. The van der Waals surface area contributed by atoms with Crippen LogP contribution in [0.5, 0.6) is 11.5 Å². The number of nitrogens with zero attached hydrogens (tertiary/aromatic N) is 1. The highest BCUT2D eigenvalue weighted by molar-refractivity contribution is 7.89.